The molecule has 2 aromatic rings. The van der Waals surface area contributed by atoms with Crippen molar-refractivity contribution in [2.45, 2.75) is 32.6 Å². The van der Waals surface area contributed by atoms with Crippen molar-refractivity contribution in [2.24, 2.45) is 0 Å². The van der Waals surface area contributed by atoms with Crippen molar-refractivity contribution in [3.8, 4) is 0 Å². The molecule has 0 atom stereocenters. The molecular weight excluding hydrogens is 296 g/mol. The van der Waals surface area contributed by atoms with Gasteiger partial charge in [0, 0.05) is 38.0 Å². The van der Waals surface area contributed by atoms with Crippen LogP contribution >= 0.6 is 11.3 Å². The van der Waals surface area contributed by atoms with Crippen LogP contribution in [0.1, 0.15) is 30.2 Å². The van der Waals surface area contributed by atoms with E-state index in [9.17, 15) is 4.79 Å². The topological polar surface area (TPSA) is 49.3 Å². The van der Waals surface area contributed by atoms with Gasteiger partial charge in [0.1, 0.15) is 17.0 Å². The second-order valence-corrected chi connectivity index (χ2v) is 7.17. The molecule has 0 saturated carbocycles. The zero-order valence-electron chi connectivity index (χ0n) is 12.8. The molecule has 1 amide bonds. The van der Waals surface area contributed by atoms with Gasteiger partial charge in [-0.3, -0.25) is 4.79 Å². The van der Waals surface area contributed by atoms with Crippen molar-refractivity contribution >= 4 is 33.3 Å². The normalized spacial score (nSPS) is 18.6. The Kier molecular flexibility index (Phi) is 3.48. The Morgan fingerprint density at radius 3 is 2.68 bits per heavy atom. The molecule has 1 fully saturated rings. The van der Waals surface area contributed by atoms with E-state index in [1.54, 1.807) is 13.3 Å². The Labute approximate surface area is 134 Å². The lowest BCUT2D eigenvalue weighted by molar-refractivity contribution is -0.129. The summed E-state index contributed by atoms with van der Waals surface area (Å²) in [5.41, 5.74) is 1.48. The van der Waals surface area contributed by atoms with Gasteiger partial charge in [0.25, 0.3) is 0 Å². The molecular formula is C16H20N4OS. The highest BCUT2D eigenvalue weighted by molar-refractivity contribution is 7.19. The van der Waals surface area contributed by atoms with Gasteiger partial charge in [-0.15, -0.1) is 11.3 Å². The number of anilines is 1. The zero-order chi connectivity index (χ0) is 15.1. The highest BCUT2D eigenvalue weighted by Gasteiger charge is 2.25. The van der Waals surface area contributed by atoms with Crippen molar-refractivity contribution in [3.63, 3.8) is 0 Å². The fourth-order valence-corrected chi connectivity index (χ4v) is 4.77. The smallest absolute Gasteiger partial charge is 0.219 e. The van der Waals surface area contributed by atoms with Gasteiger partial charge in [-0.2, -0.15) is 0 Å². The number of hydrogen-bond acceptors (Lipinski definition) is 5. The van der Waals surface area contributed by atoms with Crippen molar-refractivity contribution < 1.29 is 4.79 Å². The summed E-state index contributed by atoms with van der Waals surface area (Å²) in [6.45, 7) is 4.93. The number of carbonyl (C=O) groups excluding carboxylic acids is 1. The summed E-state index contributed by atoms with van der Waals surface area (Å²) in [4.78, 5) is 27.5. The van der Waals surface area contributed by atoms with Gasteiger partial charge in [0.05, 0.1) is 5.39 Å². The first-order valence-corrected chi connectivity index (χ1v) is 8.81. The maximum absolute atomic E-state index is 11.5. The summed E-state index contributed by atoms with van der Waals surface area (Å²) in [5.74, 6) is 1.24. The predicted molar refractivity (Wildman–Crippen MR) is 88.5 cm³/mol. The van der Waals surface area contributed by atoms with Gasteiger partial charge < -0.3 is 9.80 Å². The lowest BCUT2D eigenvalue weighted by Crippen LogP contribution is -2.48. The number of hydrogen-bond donors (Lipinski definition) is 0. The maximum atomic E-state index is 11.5. The Hall–Kier alpha value is -1.69. The predicted octanol–water partition coefficient (Wildman–Crippen LogP) is 2.24. The van der Waals surface area contributed by atoms with E-state index in [0.717, 1.165) is 43.2 Å². The average Bonchev–Trinajstić information content (AvgIpc) is 2.93. The van der Waals surface area contributed by atoms with Crippen LogP contribution in [-0.2, 0) is 17.6 Å². The number of rotatable bonds is 1. The largest absolute Gasteiger partial charge is 0.352 e. The van der Waals surface area contributed by atoms with E-state index < -0.39 is 0 Å². The number of thiophene rings is 1. The minimum atomic E-state index is 0.167. The molecule has 5 nitrogen and oxygen atoms in total. The number of aromatic nitrogens is 2. The SMILES string of the molecule is CC(=O)N1CCN(c2ncnc3sc4c(c23)CCCC4)CC1. The fourth-order valence-electron chi connectivity index (χ4n) is 3.55. The Morgan fingerprint density at radius 2 is 1.91 bits per heavy atom. The molecule has 0 spiro atoms. The minimum Gasteiger partial charge on any atom is -0.352 e. The first-order chi connectivity index (χ1) is 10.7. The van der Waals surface area contributed by atoms with Crippen LogP contribution in [0.4, 0.5) is 5.82 Å². The van der Waals surface area contributed by atoms with Gasteiger partial charge in [0.15, 0.2) is 0 Å². The second-order valence-electron chi connectivity index (χ2n) is 6.08. The molecule has 0 aromatic carbocycles. The first kappa shape index (κ1) is 13.9. The first-order valence-electron chi connectivity index (χ1n) is 8.00. The molecule has 4 rings (SSSR count). The molecule has 0 N–H and O–H groups in total. The average molecular weight is 316 g/mol. The number of carbonyl (C=O) groups is 1. The number of nitrogens with zero attached hydrogens (tertiary/aromatic N) is 4. The summed E-state index contributed by atoms with van der Waals surface area (Å²) >= 11 is 1.84. The quantitative estimate of drug-likeness (QED) is 0.809. The van der Waals surface area contributed by atoms with Crippen LogP contribution in [-0.4, -0.2) is 47.0 Å². The van der Waals surface area contributed by atoms with Crippen molar-refractivity contribution in [3.05, 3.63) is 16.8 Å². The Bertz CT molecular complexity index is 718. The lowest BCUT2D eigenvalue weighted by Gasteiger charge is -2.35. The summed E-state index contributed by atoms with van der Waals surface area (Å²) in [5, 5.41) is 1.28. The molecule has 2 aliphatic rings. The van der Waals surface area contributed by atoms with Crippen molar-refractivity contribution in [1.82, 2.24) is 14.9 Å². The van der Waals surface area contributed by atoms with E-state index >= 15 is 0 Å². The van der Waals surface area contributed by atoms with Gasteiger partial charge in [-0.05, 0) is 31.2 Å². The third-order valence-electron chi connectivity index (χ3n) is 4.76. The van der Waals surface area contributed by atoms with Gasteiger partial charge in [-0.1, -0.05) is 0 Å². The van der Waals surface area contributed by atoms with Crippen LogP contribution in [0.25, 0.3) is 10.2 Å². The zero-order valence-corrected chi connectivity index (χ0v) is 13.7. The molecule has 0 unspecified atom stereocenters. The van der Waals surface area contributed by atoms with Crippen LogP contribution in [0.5, 0.6) is 0 Å². The molecule has 0 radical (unpaired) electrons. The molecule has 1 saturated heterocycles. The maximum Gasteiger partial charge on any atom is 0.219 e. The number of aryl methyl sites for hydroxylation is 2. The van der Waals surface area contributed by atoms with E-state index in [1.807, 2.05) is 16.2 Å². The highest BCUT2D eigenvalue weighted by atomic mass is 32.1. The number of piperazine rings is 1. The molecule has 6 heteroatoms. The molecule has 22 heavy (non-hydrogen) atoms. The van der Waals surface area contributed by atoms with Crippen LogP contribution < -0.4 is 4.90 Å². The lowest BCUT2D eigenvalue weighted by atomic mass is 9.97. The molecule has 3 heterocycles. The summed E-state index contributed by atoms with van der Waals surface area (Å²) < 4.78 is 0. The highest BCUT2D eigenvalue weighted by Crippen LogP contribution is 2.39. The number of fused-ring (bicyclic) bond motifs is 3. The minimum absolute atomic E-state index is 0.167. The molecule has 2 aromatic heterocycles. The van der Waals surface area contributed by atoms with Crippen LogP contribution in [0.3, 0.4) is 0 Å². The molecule has 1 aliphatic carbocycles. The van der Waals surface area contributed by atoms with E-state index in [0.29, 0.717) is 0 Å². The molecule has 0 bridgehead atoms. The Morgan fingerprint density at radius 1 is 1.14 bits per heavy atom. The van der Waals surface area contributed by atoms with E-state index in [-0.39, 0.29) is 5.91 Å². The third-order valence-corrected chi connectivity index (χ3v) is 5.96. The monoisotopic (exact) mass is 316 g/mol. The van der Waals surface area contributed by atoms with E-state index in [1.165, 1.54) is 35.1 Å². The number of amides is 1. The summed E-state index contributed by atoms with van der Waals surface area (Å²) in [6, 6.07) is 0. The van der Waals surface area contributed by atoms with Crippen LogP contribution in [0.15, 0.2) is 6.33 Å². The van der Waals surface area contributed by atoms with Gasteiger partial charge >= 0.3 is 0 Å². The van der Waals surface area contributed by atoms with Crippen LogP contribution in [0.2, 0.25) is 0 Å². The third kappa shape index (κ3) is 2.26. The van der Waals surface area contributed by atoms with E-state index in [4.69, 9.17) is 0 Å². The van der Waals surface area contributed by atoms with Gasteiger partial charge in [0.2, 0.25) is 5.91 Å². The fraction of sp³-hybridized carbons (Fsp3) is 0.562. The standard InChI is InChI=1S/C16H20N4OS/c1-11(21)19-6-8-20(9-7-19)15-14-12-4-2-3-5-13(12)22-16(14)18-10-17-15/h10H,2-9H2,1H3. The second kappa shape index (κ2) is 5.50. The van der Waals surface area contributed by atoms with Crippen LogP contribution in [0, 0.1) is 0 Å². The van der Waals surface area contributed by atoms with Gasteiger partial charge in [-0.25, -0.2) is 9.97 Å². The van der Waals surface area contributed by atoms with E-state index in [2.05, 4.69) is 14.9 Å². The van der Waals surface area contributed by atoms with Crippen molar-refractivity contribution in [2.75, 3.05) is 31.1 Å². The molecule has 1 aliphatic heterocycles. The molecule has 116 valence electrons. The van der Waals surface area contributed by atoms with Crippen molar-refractivity contribution in [1.29, 1.82) is 0 Å². The Balaban J connectivity index is 1.70. The summed E-state index contributed by atoms with van der Waals surface area (Å²) in [7, 11) is 0. The summed E-state index contributed by atoms with van der Waals surface area (Å²) in [6.07, 6.45) is 6.60.